The standard InChI is InChI=1S/C15H14ClN5OS/c1-8-4-3-5-10(12(8)16)6-11-7-17-15(23-11)18-14(22)13-9(2)19-21-20-13/h3-5,7H,6H2,1-2H3,(H,17,18,22)(H,19,20,21). The molecule has 0 atom stereocenters. The summed E-state index contributed by atoms with van der Waals surface area (Å²) in [6.45, 7) is 3.69. The van der Waals surface area contributed by atoms with Gasteiger partial charge in [-0.3, -0.25) is 10.1 Å². The Kier molecular flexibility index (Phi) is 4.40. The van der Waals surface area contributed by atoms with Crippen molar-refractivity contribution in [2.45, 2.75) is 20.3 Å². The zero-order valence-electron chi connectivity index (χ0n) is 12.6. The lowest BCUT2D eigenvalue weighted by molar-refractivity contribution is 0.102. The molecule has 2 aromatic heterocycles. The SMILES string of the molecule is Cc1cccc(Cc2cnc(NC(=O)c3n[nH]nc3C)s2)c1Cl. The Balaban J connectivity index is 1.72. The molecule has 2 heterocycles. The molecule has 2 N–H and O–H groups in total. The number of amides is 1. The second kappa shape index (κ2) is 6.47. The summed E-state index contributed by atoms with van der Waals surface area (Å²) in [6, 6.07) is 5.95. The summed E-state index contributed by atoms with van der Waals surface area (Å²) in [6.07, 6.45) is 2.42. The molecule has 0 radical (unpaired) electrons. The first-order valence-electron chi connectivity index (χ1n) is 6.92. The van der Waals surface area contributed by atoms with Gasteiger partial charge in [0.15, 0.2) is 10.8 Å². The van der Waals surface area contributed by atoms with Crippen molar-refractivity contribution in [1.29, 1.82) is 0 Å². The van der Waals surface area contributed by atoms with E-state index in [-0.39, 0.29) is 11.6 Å². The van der Waals surface area contributed by atoms with Crippen LogP contribution in [-0.4, -0.2) is 26.3 Å². The van der Waals surface area contributed by atoms with Crippen molar-refractivity contribution in [3.8, 4) is 0 Å². The first-order chi connectivity index (χ1) is 11.0. The van der Waals surface area contributed by atoms with Crippen LogP contribution in [0.25, 0.3) is 0 Å². The molecule has 0 saturated carbocycles. The molecule has 3 rings (SSSR count). The largest absolute Gasteiger partial charge is 0.296 e. The molecule has 0 bridgehead atoms. The van der Waals surface area contributed by atoms with Gasteiger partial charge in [0, 0.05) is 22.5 Å². The predicted molar refractivity (Wildman–Crippen MR) is 90.2 cm³/mol. The van der Waals surface area contributed by atoms with Gasteiger partial charge in [0.25, 0.3) is 5.91 Å². The number of halogens is 1. The number of carbonyl (C=O) groups excluding carboxylic acids is 1. The fourth-order valence-corrected chi connectivity index (χ4v) is 3.16. The molecule has 1 amide bonds. The summed E-state index contributed by atoms with van der Waals surface area (Å²) in [5.74, 6) is -0.328. The molecular formula is C15H14ClN5OS. The van der Waals surface area contributed by atoms with Crippen LogP contribution in [0, 0.1) is 13.8 Å². The minimum Gasteiger partial charge on any atom is -0.296 e. The Bertz CT molecular complexity index is 857. The number of H-pyrrole nitrogens is 1. The maximum atomic E-state index is 12.1. The van der Waals surface area contributed by atoms with E-state index in [0.29, 0.717) is 17.2 Å². The van der Waals surface area contributed by atoms with Crippen molar-refractivity contribution in [2.24, 2.45) is 0 Å². The molecule has 0 aliphatic heterocycles. The average molecular weight is 348 g/mol. The first kappa shape index (κ1) is 15.6. The van der Waals surface area contributed by atoms with E-state index < -0.39 is 0 Å². The van der Waals surface area contributed by atoms with Crippen LogP contribution in [0.15, 0.2) is 24.4 Å². The summed E-state index contributed by atoms with van der Waals surface area (Å²) in [5, 5.41) is 14.1. The third-order valence-corrected chi connectivity index (χ3v) is 4.80. The molecule has 0 spiro atoms. The Hall–Kier alpha value is -2.25. The number of anilines is 1. The van der Waals surface area contributed by atoms with Gasteiger partial charge in [0.05, 0.1) is 5.69 Å². The Morgan fingerprint density at radius 3 is 2.91 bits per heavy atom. The van der Waals surface area contributed by atoms with E-state index in [1.807, 2.05) is 25.1 Å². The van der Waals surface area contributed by atoms with Gasteiger partial charge in [-0.2, -0.15) is 15.4 Å². The normalized spacial score (nSPS) is 10.7. The minimum absolute atomic E-state index is 0.267. The van der Waals surface area contributed by atoms with E-state index in [0.717, 1.165) is 21.0 Å². The summed E-state index contributed by atoms with van der Waals surface area (Å²) in [5.41, 5.74) is 2.90. The highest BCUT2D eigenvalue weighted by atomic mass is 35.5. The molecule has 6 nitrogen and oxygen atoms in total. The molecule has 1 aromatic carbocycles. The Morgan fingerprint density at radius 2 is 2.17 bits per heavy atom. The molecule has 23 heavy (non-hydrogen) atoms. The third kappa shape index (κ3) is 3.40. The van der Waals surface area contributed by atoms with Crippen LogP contribution in [0.3, 0.4) is 0 Å². The van der Waals surface area contributed by atoms with E-state index in [2.05, 4.69) is 25.7 Å². The zero-order chi connectivity index (χ0) is 16.4. The number of nitrogens with one attached hydrogen (secondary N) is 2. The van der Waals surface area contributed by atoms with E-state index in [9.17, 15) is 4.79 Å². The summed E-state index contributed by atoms with van der Waals surface area (Å²) < 4.78 is 0. The van der Waals surface area contributed by atoms with Crippen molar-refractivity contribution in [1.82, 2.24) is 20.4 Å². The highest BCUT2D eigenvalue weighted by molar-refractivity contribution is 7.15. The van der Waals surface area contributed by atoms with Gasteiger partial charge in [-0.05, 0) is 25.0 Å². The van der Waals surface area contributed by atoms with E-state index >= 15 is 0 Å². The third-order valence-electron chi connectivity index (χ3n) is 3.35. The number of thiazole rings is 1. The predicted octanol–water partition coefficient (Wildman–Crippen LogP) is 3.37. The Labute approximate surface area is 141 Å². The maximum Gasteiger partial charge on any atom is 0.279 e. The molecule has 0 aliphatic rings. The number of hydrogen-bond donors (Lipinski definition) is 2. The lowest BCUT2D eigenvalue weighted by Crippen LogP contribution is -2.13. The fourth-order valence-electron chi connectivity index (χ4n) is 2.13. The first-order valence-corrected chi connectivity index (χ1v) is 8.11. The minimum atomic E-state index is -0.328. The highest BCUT2D eigenvalue weighted by Gasteiger charge is 2.15. The molecule has 0 aliphatic carbocycles. The Morgan fingerprint density at radius 1 is 1.35 bits per heavy atom. The van der Waals surface area contributed by atoms with Gasteiger partial charge in [-0.15, -0.1) is 11.3 Å². The lowest BCUT2D eigenvalue weighted by atomic mass is 10.1. The van der Waals surface area contributed by atoms with Gasteiger partial charge in [-0.25, -0.2) is 4.98 Å². The average Bonchev–Trinajstić information content (AvgIpc) is 3.13. The van der Waals surface area contributed by atoms with Gasteiger partial charge < -0.3 is 0 Å². The number of aromatic amines is 1. The fraction of sp³-hybridized carbons (Fsp3) is 0.200. The van der Waals surface area contributed by atoms with Crippen LogP contribution in [-0.2, 0) is 6.42 Å². The molecular weight excluding hydrogens is 334 g/mol. The molecule has 3 aromatic rings. The molecule has 118 valence electrons. The van der Waals surface area contributed by atoms with Crippen LogP contribution in [0.1, 0.15) is 32.2 Å². The number of carbonyl (C=O) groups is 1. The van der Waals surface area contributed by atoms with Crippen LogP contribution in [0.4, 0.5) is 5.13 Å². The van der Waals surface area contributed by atoms with E-state index in [1.165, 1.54) is 11.3 Å². The van der Waals surface area contributed by atoms with Gasteiger partial charge in [0.2, 0.25) is 0 Å². The van der Waals surface area contributed by atoms with Crippen molar-refractivity contribution >= 4 is 34.0 Å². The monoisotopic (exact) mass is 347 g/mol. The van der Waals surface area contributed by atoms with Crippen LogP contribution in [0.2, 0.25) is 5.02 Å². The van der Waals surface area contributed by atoms with E-state index in [1.54, 1.807) is 13.1 Å². The highest BCUT2D eigenvalue weighted by Crippen LogP contribution is 2.26. The van der Waals surface area contributed by atoms with Crippen molar-refractivity contribution in [3.05, 3.63) is 56.8 Å². The second-order valence-electron chi connectivity index (χ2n) is 5.07. The van der Waals surface area contributed by atoms with Crippen molar-refractivity contribution in [3.63, 3.8) is 0 Å². The lowest BCUT2D eigenvalue weighted by Gasteiger charge is -2.04. The van der Waals surface area contributed by atoms with Gasteiger partial charge >= 0.3 is 0 Å². The summed E-state index contributed by atoms with van der Waals surface area (Å²) in [4.78, 5) is 17.3. The molecule has 8 heteroatoms. The number of nitrogens with zero attached hydrogens (tertiary/aromatic N) is 3. The number of aryl methyl sites for hydroxylation is 2. The molecule has 0 unspecified atom stereocenters. The molecule has 0 saturated heterocycles. The number of benzene rings is 1. The van der Waals surface area contributed by atoms with Crippen LogP contribution < -0.4 is 5.32 Å². The number of rotatable bonds is 4. The van der Waals surface area contributed by atoms with Gasteiger partial charge in [-0.1, -0.05) is 29.8 Å². The summed E-state index contributed by atoms with van der Waals surface area (Å²) >= 11 is 7.73. The van der Waals surface area contributed by atoms with E-state index in [4.69, 9.17) is 11.6 Å². The number of aromatic nitrogens is 4. The zero-order valence-corrected chi connectivity index (χ0v) is 14.1. The topological polar surface area (TPSA) is 83.6 Å². The van der Waals surface area contributed by atoms with Crippen LogP contribution in [0.5, 0.6) is 0 Å². The maximum absolute atomic E-state index is 12.1. The van der Waals surface area contributed by atoms with Crippen molar-refractivity contribution in [2.75, 3.05) is 5.32 Å². The van der Waals surface area contributed by atoms with Gasteiger partial charge in [0.1, 0.15) is 0 Å². The number of hydrogen-bond acceptors (Lipinski definition) is 5. The quantitative estimate of drug-likeness (QED) is 0.757. The smallest absolute Gasteiger partial charge is 0.279 e. The summed E-state index contributed by atoms with van der Waals surface area (Å²) in [7, 11) is 0. The molecule has 0 fully saturated rings. The second-order valence-corrected chi connectivity index (χ2v) is 6.56. The van der Waals surface area contributed by atoms with Crippen molar-refractivity contribution < 1.29 is 4.79 Å². The van der Waals surface area contributed by atoms with Crippen LogP contribution >= 0.6 is 22.9 Å².